The van der Waals surface area contributed by atoms with Gasteiger partial charge in [0.1, 0.15) is 0 Å². The van der Waals surface area contributed by atoms with Gasteiger partial charge >= 0.3 is 0 Å². The van der Waals surface area contributed by atoms with E-state index in [0.29, 0.717) is 24.1 Å². The smallest absolute Gasteiger partial charge is 0.200 e. The first-order chi connectivity index (χ1) is 13.2. The van der Waals surface area contributed by atoms with Crippen molar-refractivity contribution in [3.63, 3.8) is 0 Å². The molecule has 0 saturated carbocycles. The van der Waals surface area contributed by atoms with Crippen molar-refractivity contribution in [2.24, 2.45) is 4.99 Å². The van der Waals surface area contributed by atoms with Crippen LogP contribution in [0.5, 0.6) is 17.2 Å². The lowest BCUT2D eigenvalue weighted by Gasteiger charge is -2.25. The summed E-state index contributed by atoms with van der Waals surface area (Å²) in [4.78, 5) is 9.81. The number of likely N-dealkylation sites (tertiary alicyclic amines) is 2. The quantitative estimate of drug-likeness (QED) is 0.585. The molecule has 7 heteroatoms. The Kier molecular flexibility index (Phi) is 6.66. The fourth-order valence-electron chi connectivity index (χ4n) is 3.97. The van der Waals surface area contributed by atoms with Crippen LogP contribution in [0.3, 0.4) is 0 Å². The molecule has 2 saturated heterocycles. The summed E-state index contributed by atoms with van der Waals surface area (Å²) in [6.07, 6.45) is 3.86. The molecule has 2 heterocycles. The van der Waals surface area contributed by atoms with Crippen LogP contribution in [0.4, 0.5) is 0 Å². The Morgan fingerprint density at radius 1 is 1.19 bits per heavy atom. The fraction of sp³-hybridized carbons (Fsp3) is 0.650. The van der Waals surface area contributed by atoms with Crippen molar-refractivity contribution >= 4 is 5.96 Å². The summed E-state index contributed by atoms with van der Waals surface area (Å²) in [5.41, 5.74) is 0.937. The monoisotopic (exact) mass is 376 g/mol. The lowest BCUT2D eigenvalue weighted by atomic mass is 10.2. The Hall–Kier alpha value is -2.15. The van der Waals surface area contributed by atoms with Crippen LogP contribution >= 0.6 is 0 Å². The van der Waals surface area contributed by atoms with Crippen LogP contribution < -0.4 is 14.8 Å². The van der Waals surface area contributed by atoms with Gasteiger partial charge in [-0.25, -0.2) is 4.99 Å². The highest BCUT2D eigenvalue weighted by Gasteiger charge is 2.30. The van der Waals surface area contributed by atoms with E-state index >= 15 is 0 Å². The Morgan fingerprint density at radius 3 is 2.44 bits per heavy atom. The SMILES string of the molecule is CCNC(=NCc1cc(OC)c(O)c(OC)c1)N1CCC(N2CCCC2)C1. The Balaban J connectivity index is 1.71. The number of guanidine groups is 1. The maximum atomic E-state index is 10.1. The van der Waals surface area contributed by atoms with E-state index in [1.165, 1.54) is 46.6 Å². The lowest BCUT2D eigenvalue weighted by Crippen LogP contribution is -2.42. The van der Waals surface area contributed by atoms with Gasteiger partial charge in [0.05, 0.1) is 20.8 Å². The molecule has 150 valence electrons. The van der Waals surface area contributed by atoms with E-state index in [1.807, 2.05) is 12.1 Å². The number of aromatic hydroxyl groups is 1. The first kappa shape index (κ1) is 19.6. The first-order valence-electron chi connectivity index (χ1n) is 9.87. The molecule has 3 rings (SSSR count). The minimum absolute atomic E-state index is 0.0210. The third kappa shape index (κ3) is 4.58. The van der Waals surface area contributed by atoms with E-state index < -0.39 is 0 Å². The van der Waals surface area contributed by atoms with E-state index in [4.69, 9.17) is 14.5 Å². The summed E-state index contributed by atoms with van der Waals surface area (Å²) in [5, 5.41) is 13.5. The third-order valence-electron chi connectivity index (χ3n) is 5.41. The third-order valence-corrected chi connectivity index (χ3v) is 5.41. The van der Waals surface area contributed by atoms with Crippen molar-refractivity contribution in [2.75, 3.05) is 46.9 Å². The fourth-order valence-corrected chi connectivity index (χ4v) is 3.97. The maximum Gasteiger partial charge on any atom is 0.200 e. The molecule has 27 heavy (non-hydrogen) atoms. The first-order valence-corrected chi connectivity index (χ1v) is 9.87. The average Bonchev–Trinajstić information content (AvgIpc) is 3.37. The van der Waals surface area contributed by atoms with Crippen molar-refractivity contribution in [1.82, 2.24) is 15.1 Å². The minimum atomic E-state index is 0.0210. The zero-order chi connectivity index (χ0) is 19.2. The van der Waals surface area contributed by atoms with Crippen LogP contribution in [0.25, 0.3) is 0 Å². The number of benzene rings is 1. The van der Waals surface area contributed by atoms with Gasteiger partial charge in [0.2, 0.25) is 5.75 Å². The van der Waals surface area contributed by atoms with Crippen molar-refractivity contribution in [3.05, 3.63) is 17.7 Å². The predicted octanol–water partition coefficient (Wildman–Crippen LogP) is 2.04. The second-order valence-electron chi connectivity index (χ2n) is 7.15. The molecule has 0 bridgehead atoms. The maximum absolute atomic E-state index is 10.1. The molecule has 1 unspecified atom stereocenters. The molecule has 0 aliphatic carbocycles. The Morgan fingerprint density at radius 2 is 1.85 bits per heavy atom. The van der Waals surface area contributed by atoms with Gasteiger partial charge in [-0.05, 0) is 57.0 Å². The number of nitrogens with one attached hydrogen (secondary N) is 1. The molecule has 7 nitrogen and oxygen atoms in total. The number of methoxy groups -OCH3 is 2. The molecule has 1 aromatic rings. The number of hydrogen-bond donors (Lipinski definition) is 2. The highest BCUT2D eigenvalue weighted by atomic mass is 16.5. The second-order valence-corrected chi connectivity index (χ2v) is 7.15. The van der Waals surface area contributed by atoms with Crippen LogP contribution in [0.1, 0.15) is 31.7 Å². The average molecular weight is 377 g/mol. The zero-order valence-electron chi connectivity index (χ0n) is 16.7. The summed E-state index contributed by atoms with van der Waals surface area (Å²) in [6, 6.07) is 4.26. The number of phenolic OH excluding ortho intramolecular Hbond substituents is 1. The van der Waals surface area contributed by atoms with Gasteiger partial charge in [-0.3, -0.25) is 4.90 Å². The molecule has 0 aromatic heterocycles. The van der Waals surface area contributed by atoms with Crippen LogP contribution in [-0.2, 0) is 6.54 Å². The number of nitrogens with zero attached hydrogens (tertiary/aromatic N) is 3. The second kappa shape index (κ2) is 9.17. The van der Waals surface area contributed by atoms with Crippen molar-refractivity contribution in [1.29, 1.82) is 0 Å². The molecule has 0 amide bonds. The number of phenols is 1. The normalized spacial score (nSPS) is 20.9. The number of rotatable bonds is 6. The molecule has 1 aromatic carbocycles. The Labute approximate surface area is 162 Å². The lowest BCUT2D eigenvalue weighted by molar-refractivity contribution is 0.249. The summed E-state index contributed by atoms with van der Waals surface area (Å²) >= 11 is 0. The summed E-state index contributed by atoms with van der Waals surface area (Å²) < 4.78 is 10.5. The Bertz CT molecular complexity index is 634. The summed E-state index contributed by atoms with van der Waals surface area (Å²) in [5.74, 6) is 1.78. The molecule has 2 aliphatic rings. The van der Waals surface area contributed by atoms with Gasteiger partial charge in [-0.1, -0.05) is 0 Å². The van der Waals surface area contributed by atoms with Gasteiger partial charge in [0.25, 0.3) is 0 Å². The molecule has 0 spiro atoms. The van der Waals surface area contributed by atoms with Crippen molar-refractivity contribution in [2.45, 2.75) is 38.8 Å². The van der Waals surface area contributed by atoms with Gasteiger partial charge in [0.15, 0.2) is 17.5 Å². The van der Waals surface area contributed by atoms with Crippen LogP contribution in [0.15, 0.2) is 17.1 Å². The zero-order valence-corrected chi connectivity index (χ0v) is 16.7. The van der Waals surface area contributed by atoms with E-state index in [2.05, 4.69) is 22.0 Å². The van der Waals surface area contributed by atoms with E-state index in [0.717, 1.165) is 31.2 Å². The van der Waals surface area contributed by atoms with Crippen molar-refractivity contribution < 1.29 is 14.6 Å². The minimum Gasteiger partial charge on any atom is -0.502 e. The van der Waals surface area contributed by atoms with E-state index in [1.54, 1.807) is 0 Å². The molecular weight excluding hydrogens is 344 g/mol. The molecule has 2 N–H and O–H groups in total. The van der Waals surface area contributed by atoms with Gasteiger partial charge < -0.3 is 24.8 Å². The van der Waals surface area contributed by atoms with E-state index in [9.17, 15) is 5.11 Å². The molecule has 1 atom stereocenters. The molecule has 0 radical (unpaired) electrons. The van der Waals surface area contributed by atoms with Gasteiger partial charge in [-0.15, -0.1) is 0 Å². The number of ether oxygens (including phenoxy) is 2. The molecule has 2 aliphatic heterocycles. The standard InChI is InChI=1S/C20H32N4O3/c1-4-21-20(24-10-7-16(14-24)23-8-5-6-9-23)22-13-15-11-17(26-2)19(25)18(12-15)27-3/h11-12,16,25H,4-10,13-14H2,1-3H3,(H,21,22). The van der Waals surface area contributed by atoms with Gasteiger partial charge in [0, 0.05) is 25.7 Å². The topological polar surface area (TPSA) is 69.6 Å². The van der Waals surface area contributed by atoms with Gasteiger partial charge in [-0.2, -0.15) is 0 Å². The molecule has 2 fully saturated rings. The predicted molar refractivity (Wildman–Crippen MR) is 107 cm³/mol. The van der Waals surface area contributed by atoms with Crippen LogP contribution in [0.2, 0.25) is 0 Å². The summed E-state index contributed by atoms with van der Waals surface area (Å²) in [6.45, 7) is 7.98. The number of aliphatic imine (C=N–C) groups is 1. The summed E-state index contributed by atoms with van der Waals surface area (Å²) in [7, 11) is 3.07. The highest BCUT2D eigenvalue weighted by molar-refractivity contribution is 5.80. The largest absolute Gasteiger partial charge is 0.502 e. The van der Waals surface area contributed by atoms with Crippen LogP contribution in [-0.4, -0.2) is 73.9 Å². The van der Waals surface area contributed by atoms with E-state index in [-0.39, 0.29) is 5.75 Å². The number of hydrogen-bond acceptors (Lipinski definition) is 5. The van der Waals surface area contributed by atoms with Crippen molar-refractivity contribution in [3.8, 4) is 17.2 Å². The molecular formula is C20H32N4O3. The van der Waals surface area contributed by atoms with Crippen LogP contribution in [0, 0.1) is 0 Å². The highest BCUT2D eigenvalue weighted by Crippen LogP contribution is 2.37.